The van der Waals surface area contributed by atoms with E-state index in [2.05, 4.69) is 15.2 Å². The summed E-state index contributed by atoms with van der Waals surface area (Å²) in [7, 11) is 0. The van der Waals surface area contributed by atoms with Gasteiger partial charge < -0.3 is 5.21 Å². The second-order valence-electron chi connectivity index (χ2n) is 3.80. The summed E-state index contributed by atoms with van der Waals surface area (Å²) in [6, 6.07) is 11.7. The Balaban J connectivity index is 2.33. The molecule has 0 atom stereocenters. The van der Waals surface area contributed by atoms with Gasteiger partial charge in [0.1, 0.15) is 12.7 Å². The summed E-state index contributed by atoms with van der Waals surface area (Å²) in [5, 5.41) is 17.9. The van der Waals surface area contributed by atoms with Gasteiger partial charge in [-0.15, -0.1) is 0 Å². The minimum absolute atomic E-state index is 0.858. The van der Waals surface area contributed by atoms with Crippen LogP contribution in [-0.2, 0) is 0 Å². The van der Waals surface area contributed by atoms with Gasteiger partial charge in [-0.2, -0.15) is 5.10 Å². The zero-order valence-electron chi connectivity index (χ0n) is 9.43. The summed E-state index contributed by atoms with van der Waals surface area (Å²) in [4.78, 5) is 3.95. The molecule has 0 saturated heterocycles. The molecule has 1 heterocycles. The molecule has 2 aromatic carbocycles. The average molecular weight is 238 g/mol. The molecule has 0 spiro atoms. The van der Waals surface area contributed by atoms with Gasteiger partial charge in [0, 0.05) is 10.9 Å². The maximum Gasteiger partial charge on any atom is 0.138 e. The van der Waals surface area contributed by atoms with Crippen molar-refractivity contribution in [3.8, 4) is 5.69 Å². The SMILES string of the molecule is O/N=C/c1ccc(-n2cncn2)c2ccccc12. The highest BCUT2D eigenvalue weighted by molar-refractivity contribution is 6.02. The summed E-state index contributed by atoms with van der Waals surface area (Å²) in [5.41, 5.74) is 1.80. The van der Waals surface area contributed by atoms with Crippen LogP contribution < -0.4 is 0 Å². The Hall–Kier alpha value is -2.69. The summed E-state index contributed by atoms with van der Waals surface area (Å²) < 4.78 is 1.71. The maximum absolute atomic E-state index is 8.67. The van der Waals surface area contributed by atoms with Crippen LogP contribution in [0.2, 0.25) is 0 Å². The topological polar surface area (TPSA) is 63.3 Å². The Bertz CT molecular complexity index is 704. The molecule has 5 nitrogen and oxygen atoms in total. The van der Waals surface area contributed by atoms with Crippen molar-refractivity contribution in [1.29, 1.82) is 0 Å². The molecule has 1 N–H and O–H groups in total. The number of nitrogens with zero attached hydrogens (tertiary/aromatic N) is 4. The van der Waals surface area contributed by atoms with Crippen molar-refractivity contribution in [1.82, 2.24) is 14.8 Å². The highest BCUT2D eigenvalue weighted by Gasteiger charge is 2.06. The van der Waals surface area contributed by atoms with Crippen LogP contribution in [0.3, 0.4) is 0 Å². The fourth-order valence-corrected chi connectivity index (χ4v) is 2.01. The van der Waals surface area contributed by atoms with E-state index in [1.807, 2.05) is 36.4 Å². The Kier molecular flexibility index (Phi) is 2.49. The molecule has 88 valence electrons. The third-order valence-electron chi connectivity index (χ3n) is 2.80. The lowest BCUT2D eigenvalue weighted by molar-refractivity contribution is 0.322. The van der Waals surface area contributed by atoms with Crippen LogP contribution in [0, 0.1) is 0 Å². The van der Waals surface area contributed by atoms with Crippen LogP contribution in [0.4, 0.5) is 0 Å². The molecule has 3 aromatic rings. The molecule has 5 heteroatoms. The molecule has 0 aliphatic rings. The summed E-state index contributed by atoms with van der Waals surface area (Å²) >= 11 is 0. The zero-order chi connectivity index (χ0) is 12.4. The largest absolute Gasteiger partial charge is 0.411 e. The van der Waals surface area contributed by atoms with E-state index < -0.39 is 0 Å². The minimum atomic E-state index is 0.858. The maximum atomic E-state index is 8.67. The highest BCUT2D eigenvalue weighted by Crippen LogP contribution is 2.24. The molecule has 1 aromatic heterocycles. The first-order chi connectivity index (χ1) is 8.90. The molecule has 0 unspecified atom stereocenters. The standard InChI is InChI=1S/C13H10N4O/c18-16-7-10-5-6-13(17-9-14-8-15-17)12-4-2-1-3-11(10)12/h1-9,18H/b16-7+. The van der Waals surface area contributed by atoms with Crippen molar-refractivity contribution in [2.24, 2.45) is 5.16 Å². The number of benzene rings is 2. The molecule has 0 radical (unpaired) electrons. The Morgan fingerprint density at radius 2 is 1.94 bits per heavy atom. The van der Waals surface area contributed by atoms with Gasteiger partial charge in [0.15, 0.2) is 0 Å². The first-order valence-electron chi connectivity index (χ1n) is 5.44. The predicted octanol–water partition coefficient (Wildman–Crippen LogP) is 2.23. The van der Waals surface area contributed by atoms with Crippen LogP contribution in [0.15, 0.2) is 54.2 Å². The molecular weight excluding hydrogens is 228 g/mol. The summed E-state index contributed by atoms with van der Waals surface area (Å²) in [6.07, 6.45) is 4.58. The van der Waals surface area contributed by atoms with Crippen molar-refractivity contribution < 1.29 is 5.21 Å². The number of oxime groups is 1. The molecular formula is C13H10N4O. The Morgan fingerprint density at radius 3 is 2.67 bits per heavy atom. The molecule has 0 saturated carbocycles. The van der Waals surface area contributed by atoms with Crippen molar-refractivity contribution >= 4 is 17.0 Å². The molecule has 0 aliphatic carbocycles. The van der Waals surface area contributed by atoms with Crippen molar-refractivity contribution in [2.75, 3.05) is 0 Å². The molecule has 0 amide bonds. The van der Waals surface area contributed by atoms with E-state index >= 15 is 0 Å². The van der Waals surface area contributed by atoms with Crippen molar-refractivity contribution in [3.05, 3.63) is 54.6 Å². The van der Waals surface area contributed by atoms with Crippen LogP contribution in [-0.4, -0.2) is 26.2 Å². The number of aromatic nitrogens is 3. The normalized spacial score (nSPS) is 11.3. The van der Waals surface area contributed by atoms with E-state index in [-0.39, 0.29) is 0 Å². The summed E-state index contributed by atoms with van der Waals surface area (Å²) in [5.74, 6) is 0. The predicted molar refractivity (Wildman–Crippen MR) is 68.2 cm³/mol. The van der Waals surface area contributed by atoms with Crippen LogP contribution in [0.5, 0.6) is 0 Å². The first kappa shape index (κ1) is 10.5. The fourth-order valence-electron chi connectivity index (χ4n) is 2.01. The van der Waals surface area contributed by atoms with Gasteiger partial charge >= 0.3 is 0 Å². The third kappa shape index (κ3) is 1.62. The zero-order valence-corrected chi connectivity index (χ0v) is 9.43. The van der Waals surface area contributed by atoms with Crippen LogP contribution in [0.25, 0.3) is 16.5 Å². The van der Waals surface area contributed by atoms with Gasteiger partial charge in [-0.1, -0.05) is 35.5 Å². The van der Waals surface area contributed by atoms with E-state index in [9.17, 15) is 0 Å². The smallest absolute Gasteiger partial charge is 0.138 e. The van der Waals surface area contributed by atoms with Gasteiger partial charge in [-0.3, -0.25) is 0 Å². The Labute approximate surface area is 103 Å². The third-order valence-corrected chi connectivity index (χ3v) is 2.80. The average Bonchev–Trinajstić information content (AvgIpc) is 2.93. The number of fused-ring (bicyclic) bond motifs is 1. The molecule has 0 fully saturated rings. The number of hydrogen-bond donors (Lipinski definition) is 1. The van der Waals surface area contributed by atoms with E-state index in [4.69, 9.17) is 5.21 Å². The second-order valence-corrected chi connectivity index (χ2v) is 3.80. The van der Waals surface area contributed by atoms with Gasteiger partial charge in [-0.25, -0.2) is 9.67 Å². The van der Waals surface area contributed by atoms with Crippen molar-refractivity contribution in [3.63, 3.8) is 0 Å². The van der Waals surface area contributed by atoms with Gasteiger partial charge in [0.05, 0.1) is 11.9 Å². The lowest BCUT2D eigenvalue weighted by atomic mass is 10.0. The number of rotatable bonds is 2. The molecule has 0 aliphatic heterocycles. The van der Waals surface area contributed by atoms with E-state index in [0.29, 0.717) is 0 Å². The second kappa shape index (κ2) is 4.29. The highest BCUT2D eigenvalue weighted by atomic mass is 16.4. The van der Waals surface area contributed by atoms with Gasteiger partial charge in [0.2, 0.25) is 0 Å². The molecule has 18 heavy (non-hydrogen) atoms. The molecule has 0 bridgehead atoms. The van der Waals surface area contributed by atoms with E-state index in [1.165, 1.54) is 12.5 Å². The Morgan fingerprint density at radius 1 is 1.11 bits per heavy atom. The lowest BCUT2D eigenvalue weighted by Crippen LogP contribution is -1.97. The fraction of sp³-hybridized carbons (Fsp3) is 0. The van der Waals surface area contributed by atoms with Crippen molar-refractivity contribution in [2.45, 2.75) is 0 Å². The van der Waals surface area contributed by atoms with E-state index in [0.717, 1.165) is 22.0 Å². The van der Waals surface area contributed by atoms with E-state index in [1.54, 1.807) is 11.0 Å². The van der Waals surface area contributed by atoms with Gasteiger partial charge in [0.25, 0.3) is 0 Å². The number of hydrogen-bond acceptors (Lipinski definition) is 4. The minimum Gasteiger partial charge on any atom is -0.411 e. The quantitative estimate of drug-likeness (QED) is 0.423. The van der Waals surface area contributed by atoms with Crippen LogP contribution in [0.1, 0.15) is 5.56 Å². The first-order valence-corrected chi connectivity index (χ1v) is 5.44. The van der Waals surface area contributed by atoms with Crippen LogP contribution >= 0.6 is 0 Å². The monoisotopic (exact) mass is 238 g/mol. The lowest BCUT2D eigenvalue weighted by Gasteiger charge is -2.08. The van der Waals surface area contributed by atoms with Gasteiger partial charge in [-0.05, 0) is 11.5 Å². The summed E-state index contributed by atoms with van der Waals surface area (Å²) in [6.45, 7) is 0. The molecule has 3 rings (SSSR count).